The fraction of sp³-hybridized carbons (Fsp3) is 0.414. The fourth-order valence-electron chi connectivity index (χ4n) is 4.80. The number of nitrogens with zero attached hydrogens (tertiary/aromatic N) is 3. The molecule has 0 bridgehead atoms. The quantitative estimate of drug-likeness (QED) is 0.275. The summed E-state index contributed by atoms with van der Waals surface area (Å²) in [5.74, 6) is 5.30. The monoisotopic (exact) mass is 588 g/mol. The number of carbonyl (C=O) groups excluding carboxylic acids is 2. The molecule has 2 heterocycles. The fourth-order valence-corrected chi connectivity index (χ4v) is 4.80. The molecule has 1 aliphatic rings. The second kappa shape index (κ2) is 13.1. The number of imidazole rings is 1. The van der Waals surface area contributed by atoms with Gasteiger partial charge in [0.25, 0.3) is 11.8 Å². The Morgan fingerprint density at radius 1 is 1.19 bits per heavy atom. The van der Waals surface area contributed by atoms with E-state index in [1.165, 1.54) is 26.3 Å². The van der Waals surface area contributed by atoms with Crippen molar-refractivity contribution in [2.75, 3.05) is 45.7 Å². The molecule has 4 rings (SSSR count). The number of halogens is 4. The number of carbonyl (C=O) groups is 2. The Morgan fingerprint density at radius 3 is 2.64 bits per heavy atom. The number of benzene rings is 2. The van der Waals surface area contributed by atoms with E-state index in [1.807, 2.05) is 11.8 Å². The van der Waals surface area contributed by atoms with E-state index in [1.54, 1.807) is 18.2 Å². The van der Waals surface area contributed by atoms with Gasteiger partial charge in [-0.15, -0.1) is 0 Å². The predicted octanol–water partition coefficient (Wildman–Crippen LogP) is 3.59. The Labute approximate surface area is 240 Å². The van der Waals surface area contributed by atoms with Gasteiger partial charge in [0.1, 0.15) is 24.0 Å². The van der Waals surface area contributed by atoms with Crippen LogP contribution in [0.25, 0.3) is 11.0 Å². The van der Waals surface area contributed by atoms with Crippen LogP contribution in [0.15, 0.2) is 36.7 Å². The zero-order valence-corrected chi connectivity index (χ0v) is 23.4. The summed E-state index contributed by atoms with van der Waals surface area (Å²) in [5.41, 5.74) is 1.45. The van der Waals surface area contributed by atoms with Crippen LogP contribution >= 0.6 is 0 Å². The Hall–Kier alpha value is -4.31. The number of anilines is 1. The Morgan fingerprint density at radius 2 is 1.98 bits per heavy atom. The summed E-state index contributed by atoms with van der Waals surface area (Å²) in [7, 11) is 2.98. The number of hydrogen-bond acceptors (Lipinski definition) is 6. The lowest BCUT2D eigenvalue weighted by Gasteiger charge is -2.34. The van der Waals surface area contributed by atoms with Crippen LogP contribution in [0.3, 0.4) is 0 Å². The Kier molecular flexibility index (Phi) is 9.57. The molecule has 1 aliphatic heterocycles. The lowest BCUT2D eigenvalue weighted by Crippen LogP contribution is -2.52. The van der Waals surface area contributed by atoms with E-state index in [-0.39, 0.29) is 41.2 Å². The SMILES string of the molecule is CCN1CC[C@H](NC(=O)c2cc(C#CCNc3ccc(C(=O)NC)cc3OC)cc3c2ncn3CC(F)(F)F)[C@@H](F)C1. The van der Waals surface area contributed by atoms with E-state index in [0.717, 1.165) is 10.9 Å². The van der Waals surface area contributed by atoms with Crippen LogP contribution in [0.1, 0.15) is 39.6 Å². The van der Waals surface area contributed by atoms with Crippen molar-refractivity contribution >= 4 is 28.5 Å². The van der Waals surface area contributed by atoms with Crippen LogP contribution in [-0.2, 0) is 6.54 Å². The van der Waals surface area contributed by atoms with E-state index >= 15 is 0 Å². The Balaban J connectivity index is 1.59. The van der Waals surface area contributed by atoms with Gasteiger partial charge >= 0.3 is 6.18 Å². The number of amides is 2. The molecule has 0 spiro atoms. The second-order valence-electron chi connectivity index (χ2n) is 9.81. The number of alkyl halides is 4. The molecule has 224 valence electrons. The Bertz CT molecular complexity index is 1510. The number of likely N-dealkylation sites (tertiary alicyclic amines) is 1. The average molecular weight is 589 g/mol. The molecule has 0 unspecified atom stereocenters. The number of hydrogen-bond donors (Lipinski definition) is 3. The highest BCUT2D eigenvalue weighted by Crippen LogP contribution is 2.27. The van der Waals surface area contributed by atoms with Gasteiger partial charge in [0, 0.05) is 31.3 Å². The van der Waals surface area contributed by atoms with Crippen LogP contribution in [0.5, 0.6) is 5.75 Å². The number of nitrogens with one attached hydrogen (secondary N) is 3. The van der Waals surface area contributed by atoms with Crippen molar-refractivity contribution in [3.63, 3.8) is 0 Å². The van der Waals surface area contributed by atoms with E-state index in [9.17, 15) is 27.2 Å². The summed E-state index contributed by atoms with van der Waals surface area (Å²) in [4.78, 5) is 31.2. The highest BCUT2D eigenvalue weighted by molar-refractivity contribution is 6.05. The van der Waals surface area contributed by atoms with Crippen molar-refractivity contribution < 1.29 is 31.9 Å². The minimum absolute atomic E-state index is 0.0160. The lowest BCUT2D eigenvalue weighted by atomic mass is 10.0. The normalized spacial score (nSPS) is 17.3. The van der Waals surface area contributed by atoms with Crippen molar-refractivity contribution in [1.29, 1.82) is 0 Å². The van der Waals surface area contributed by atoms with Crippen molar-refractivity contribution in [2.45, 2.75) is 38.3 Å². The molecular weight excluding hydrogens is 556 g/mol. The first-order valence-electron chi connectivity index (χ1n) is 13.4. The van der Waals surface area contributed by atoms with Gasteiger partial charge in [-0.25, -0.2) is 9.37 Å². The third-order valence-electron chi connectivity index (χ3n) is 7.00. The van der Waals surface area contributed by atoms with Crippen LogP contribution in [-0.4, -0.2) is 85.0 Å². The van der Waals surface area contributed by atoms with Crippen LogP contribution in [0.2, 0.25) is 0 Å². The molecule has 3 N–H and O–H groups in total. The van der Waals surface area contributed by atoms with Crippen molar-refractivity contribution in [1.82, 2.24) is 25.1 Å². The molecule has 9 nitrogen and oxygen atoms in total. The maximum atomic E-state index is 14.8. The molecular formula is C29H32F4N6O3. The standard InChI is InChI=1S/C29H32F4N6O3/c1-4-38-11-9-22(21(30)15-38)37-28(41)20-12-18(13-24-26(20)36-17-39(24)16-29(31,32)33)6-5-10-35-23-8-7-19(27(40)34-2)14-25(23)42-3/h7-8,12-14,17,21-22,35H,4,9-11,15-16H2,1-3H3,(H,34,40)(H,37,41)/t21-,22-/m0/s1. The van der Waals surface area contributed by atoms with E-state index in [0.29, 0.717) is 36.5 Å². The van der Waals surface area contributed by atoms with Crippen molar-refractivity contribution in [3.05, 3.63) is 53.3 Å². The third-order valence-corrected chi connectivity index (χ3v) is 7.00. The first-order chi connectivity index (χ1) is 20.0. The van der Waals surface area contributed by atoms with E-state index in [4.69, 9.17) is 4.74 Å². The minimum atomic E-state index is -4.51. The van der Waals surface area contributed by atoms with Gasteiger partial charge < -0.3 is 30.2 Å². The zero-order valence-electron chi connectivity index (χ0n) is 23.4. The van der Waals surface area contributed by atoms with Gasteiger partial charge in [0.15, 0.2) is 0 Å². The summed E-state index contributed by atoms with van der Waals surface area (Å²) in [5, 5.41) is 8.32. The van der Waals surface area contributed by atoms with Crippen LogP contribution in [0, 0.1) is 11.8 Å². The molecule has 1 aromatic heterocycles. The first kappa shape index (κ1) is 30.6. The molecule has 1 fully saturated rings. The summed E-state index contributed by atoms with van der Waals surface area (Å²) in [6, 6.07) is 7.01. The highest BCUT2D eigenvalue weighted by Gasteiger charge is 2.32. The largest absolute Gasteiger partial charge is 0.495 e. The lowest BCUT2D eigenvalue weighted by molar-refractivity contribution is -0.139. The van der Waals surface area contributed by atoms with Gasteiger partial charge in [-0.1, -0.05) is 18.8 Å². The van der Waals surface area contributed by atoms with Crippen LogP contribution in [0.4, 0.5) is 23.2 Å². The van der Waals surface area contributed by atoms with Crippen molar-refractivity contribution in [3.8, 4) is 17.6 Å². The van der Waals surface area contributed by atoms with Gasteiger partial charge in [-0.05, 0) is 43.3 Å². The summed E-state index contributed by atoms with van der Waals surface area (Å²) in [6.45, 7) is 2.26. The molecule has 0 aliphatic carbocycles. The molecule has 1 saturated heterocycles. The molecule has 42 heavy (non-hydrogen) atoms. The third kappa shape index (κ3) is 7.30. The van der Waals surface area contributed by atoms with Crippen LogP contribution < -0.4 is 20.7 Å². The number of methoxy groups -OCH3 is 1. The number of fused-ring (bicyclic) bond motifs is 1. The molecule has 2 amide bonds. The molecule has 0 saturated carbocycles. The average Bonchev–Trinajstić information content (AvgIpc) is 3.36. The zero-order chi connectivity index (χ0) is 30.4. The van der Waals surface area contributed by atoms with Gasteiger partial charge in [-0.2, -0.15) is 13.2 Å². The maximum absolute atomic E-state index is 14.8. The molecule has 13 heteroatoms. The highest BCUT2D eigenvalue weighted by atomic mass is 19.4. The predicted molar refractivity (Wildman–Crippen MR) is 150 cm³/mol. The van der Waals surface area contributed by atoms with E-state index < -0.39 is 30.8 Å². The maximum Gasteiger partial charge on any atom is 0.406 e. The number of piperidine rings is 1. The van der Waals surface area contributed by atoms with Gasteiger partial charge in [0.05, 0.1) is 42.8 Å². The van der Waals surface area contributed by atoms with Crippen molar-refractivity contribution in [2.24, 2.45) is 0 Å². The topological polar surface area (TPSA) is 101 Å². The molecule has 0 radical (unpaired) electrons. The molecule has 3 aromatic rings. The number of rotatable bonds is 8. The summed E-state index contributed by atoms with van der Waals surface area (Å²) < 4.78 is 60.7. The first-order valence-corrected chi connectivity index (χ1v) is 13.4. The minimum Gasteiger partial charge on any atom is -0.495 e. The second-order valence-corrected chi connectivity index (χ2v) is 9.81. The molecule has 2 atom stereocenters. The summed E-state index contributed by atoms with van der Waals surface area (Å²) in [6.07, 6.45) is -4.36. The van der Waals surface area contributed by atoms with Gasteiger partial charge in [0.2, 0.25) is 0 Å². The van der Waals surface area contributed by atoms with Gasteiger partial charge in [-0.3, -0.25) is 9.59 Å². The smallest absolute Gasteiger partial charge is 0.406 e. The number of ether oxygens (including phenoxy) is 1. The van der Waals surface area contributed by atoms with E-state index in [2.05, 4.69) is 32.8 Å². The summed E-state index contributed by atoms with van der Waals surface area (Å²) >= 11 is 0. The molecule has 2 aromatic carbocycles. The number of aromatic nitrogens is 2.